The van der Waals surface area contributed by atoms with Gasteiger partial charge in [-0.2, -0.15) is 0 Å². The lowest BCUT2D eigenvalue weighted by Crippen LogP contribution is -2.15. The van der Waals surface area contributed by atoms with Gasteiger partial charge in [0.1, 0.15) is 5.82 Å². The molecule has 0 bridgehead atoms. The number of hydrogen-bond donors (Lipinski definition) is 2. The van der Waals surface area contributed by atoms with Gasteiger partial charge in [0.25, 0.3) is 0 Å². The highest BCUT2D eigenvalue weighted by molar-refractivity contribution is 6.05. The van der Waals surface area contributed by atoms with Gasteiger partial charge in [-0.1, -0.05) is 18.2 Å². The zero-order valence-electron chi connectivity index (χ0n) is 13.8. The second kappa shape index (κ2) is 7.18. The van der Waals surface area contributed by atoms with E-state index in [4.69, 9.17) is 4.74 Å². The number of hydrogen-bond acceptors (Lipinski definition) is 4. The number of esters is 1. The van der Waals surface area contributed by atoms with Crippen molar-refractivity contribution in [3.8, 4) is 0 Å². The van der Waals surface area contributed by atoms with Crippen molar-refractivity contribution in [1.29, 1.82) is 0 Å². The maximum absolute atomic E-state index is 14.0. The SMILES string of the molecule is CC(=O)Nc1ccc(C(=O)COC(=O)c2c[nH]c3ccccc23)c(F)c1. The Labute approximate surface area is 148 Å². The van der Waals surface area contributed by atoms with E-state index in [1.807, 2.05) is 12.1 Å². The Bertz CT molecular complexity index is 1010. The lowest BCUT2D eigenvalue weighted by atomic mass is 10.1. The average Bonchev–Trinajstić information content (AvgIpc) is 3.03. The summed E-state index contributed by atoms with van der Waals surface area (Å²) < 4.78 is 19.1. The summed E-state index contributed by atoms with van der Waals surface area (Å²) in [6.07, 6.45) is 1.50. The predicted octanol–water partition coefficient (Wildman–Crippen LogP) is 3.31. The molecule has 132 valence electrons. The lowest BCUT2D eigenvalue weighted by molar-refractivity contribution is -0.114. The van der Waals surface area contributed by atoms with Gasteiger partial charge in [-0.3, -0.25) is 9.59 Å². The Morgan fingerprint density at radius 2 is 1.88 bits per heavy atom. The molecule has 0 aliphatic carbocycles. The van der Waals surface area contributed by atoms with Gasteiger partial charge < -0.3 is 15.0 Å². The molecular weight excluding hydrogens is 339 g/mol. The zero-order chi connectivity index (χ0) is 18.7. The number of amides is 1. The van der Waals surface area contributed by atoms with Gasteiger partial charge in [-0.15, -0.1) is 0 Å². The van der Waals surface area contributed by atoms with Crippen LogP contribution in [0.4, 0.5) is 10.1 Å². The Morgan fingerprint density at radius 3 is 2.62 bits per heavy atom. The number of para-hydroxylation sites is 1. The van der Waals surface area contributed by atoms with Crippen LogP contribution in [-0.2, 0) is 9.53 Å². The Kier molecular flexibility index (Phi) is 4.79. The van der Waals surface area contributed by atoms with Gasteiger partial charge >= 0.3 is 5.97 Å². The smallest absolute Gasteiger partial charge is 0.340 e. The maximum atomic E-state index is 14.0. The molecule has 2 N–H and O–H groups in total. The third kappa shape index (κ3) is 3.61. The number of carbonyl (C=O) groups is 3. The van der Waals surface area contributed by atoms with Gasteiger partial charge in [0, 0.05) is 29.7 Å². The molecule has 3 rings (SSSR count). The monoisotopic (exact) mass is 354 g/mol. The number of nitrogens with one attached hydrogen (secondary N) is 2. The highest BCUT2D eigenvalue weighted by Gasteiger charge is 2.18. The van der Waals surface area contributed by atoms with E-state index in [-0.39, 0.29) is 17.2 Å². The summed E-state index contributed by atoms with van der Waals surface area (Å²) in [5, 5.41) is 3.10. The van der Waals surface area contributed by atoms with E-state index in [0.29, 0.717) is 10.9 Å². The van der Waals surface area contributed by atoms with Gasteiger partial charge in [-0.25, -0.2) is 9.18 Å². The summed E-state index contributed by atoms with van der Waals surface area (Å²) in [5.74, 6) is -2.50. The van der Waals surface area contributed by atoms with Crippen LogP contribution in [0, 0.1) is 5.82 Å². The summed E-state index contributed by atoms with van der Waals surface area (Å²) in [6, 6.07) is 10.8. The van der Waals surface area contributed by atoms with Crippen molar-refractivity contribution >= 4 is 34.3 Å². The number of carbonyl (C=O) groups excluding carboxylic acids is 3. The van der Waals surface area contributed by atoms with Crippen LogP contribution in [0.15, 0.2) is 48.7 Å². The van der Waals surface area contributed by atoms with Crippen molar-refractivity contribution in [2.75, 3.05) is 11.9 Å². The molecule has 0 saturated heterocycles. The first-order chi connectivity index (χ1) is 12.5. The van der Waals surface area contributed by atoms with Crippen molar-refractivity contribution in [3.63, 3.8) is 0 Å². The highest BCUT2D eigenvalue weighted by atomic mass is 19.1. The molecule has 0 atom stereocenters. The van der Waals surface area contributed by atoms with E-state index < -0.39 is 24.2 Å². The molecule has 0 radical (unpaired) electrons. The molecule has 0 aliphatic rings. The number of aromatic amines is 1. The first kappa shape index (κ1) is 17.3. The van der Waals surface area contributed by atoms with E-state index in [1.165, 1.54) is 25.3 Å². The summed E-state index contributed by atoms with van der Waals surface area (Å²) >= 11 is 0. The molecule has 0 saturated carbocycles. The molecule has 0 fully saturated rings. The molecule has 1 aromatic heterocycles. The van der Waals surface area contributed by atoms with E-state index in [9.17, 15) is 18.8 Å². The van der Waals surface area contributed by atoms with E-state index in [2.05, 4.69) is 10.3 Å². The number of H-pyrrole nitrogens is 1. The van der Waals surface area contributed by atoms with Crippen LogP contribution in [-0.4, -0.2) is 29.3 Å². The minimum Gasteiger partial charge on any atom is -0.454 e. The van der Waals surface area contributed by atoms with Crippen molar-refractivity contribution in [2.45, 2.75) is 6.92 Å². The van der Waals surface area contributed by atoms with Crippen LogP contribution in [0.25, 0.3) is 10.9 Å². The topological polar surface area (TPSA) is 88.3 Å². The molecule has 2 aromatic carbocycles. The maximum Gasteiger partial charge on any atom is 0.340 e. The summed E-state index contributed by atoms with van der Waals surface area (Å²) in [6.45, 7) is 0.704. The second-order valence-corrected chi connectivity index (χ2v) is 5.62. The molecule has 0 unspecified atom stereocenters. The fourth-order valence-electron chi connectivity index (χ4n) is 2.55. The van der Waals surface area contributed by atoms with E-state index in [0.717, 1.165) is 11.6 Å². The molecule has 26 heavy (non-hydrogen) atoms. The minimum absolute atomic E-state index is 0.217. The number of aromatic nitrogens is 1. The van der Waals surface area contributed by atoms with Crippen LogP contribution >= 0.6 is 0 Å². The Balaban J connectivity index is 1.68. The fraction of sp³-hybridized carbons (Fsp3) is 0.105. The fourth-order valence-corrected chi connectivity index (χ4v) is 2.55. The van der Waals surface area contributed by atoms with Crippen LogP contribution in [0.1, 0.15) is 27.6 Å². The van der Waals surface area contributed by atoms with Crippen molar-refractivity contribution in [1.82, 2.24) is 4.98 Å². The van der Waals surface area contributed by atoms with Gasteiger partial charge in [-0.05, 0) is 24.3 Å². The summed E-state index contributed by atoms with van der Waals surface area (Å²) in [5.41, 5.74) is 1.09. The molecule has 0 aliphatic heterocycles. The molecule has 0 spiro atoms. The number of anilines is 1. The standard InChI is InChI=1S/C19H15FN2O4/c1-11(23)22-12-6-7-14(16(20)8-12)18(24)10-26-19(25)15-9-21-17-5-3-2-4-13(15)17/h2-9,21H,10H2,1H3,(H,22,23). The number of Topliss-reactive ketones (excluding diaryl/α,β-unsaturated/α-hetero) is 1. The van der Waals surface area contributed by atoms with Crippen molar-refractivity contribution in [2.24, 2.45) is 0 Å². The molecule has 3 aromatic rings. The summed E-state index contributed by atoms with van der Waals surface area (Å²) in [7, 11) is 0. The number of benzene rings is 2. The first-order valence-corrected chi connectivity index (χ1v) is 7.79. The van der Waals surface area contributed by atoms with Crippen LogP contribution in [0.3, 0.4) is 0 Å². The predicted molar refractivity (Wildman–Crippen MR) is 93.6 cm³/mol. The Hall–Kier alpha value is -3.48. The van der Waals surface area contributed by atoms with E-state index in [1.54, 1.807) is 12.1 Å². The van der Waals surface area contributed by atoms with Crippen molar-refractivity contribution in [3.05, 3.63) is 65.6 Å². The first-order valence-electron chi connectivity index (χ1n) is 7.79. The molecular formula is C19H15FN2O4. The molecule has 1 heterocycles. The van der Waals surface area contributed by atoms with Gasteiger partial charge in [0.05, 0.1) is 11.1 Å². The second-order valence-electron chi connectivity index (χ2n) is 5.62. The minimum atomic E-state index is -0.801. The molecule has 7 heteroatoms. The van der Waals surface area contributed by atoms with Crippen LogP contribution in [0.2, 0.25) is 0 Å². The third-order valence-electron chi connectivity index (χ3n) is 3.73. The normalized spacial score (nSPS) is 10.5. The quantitative estimate of drug-likeness (QED) is 0.543. The highest BCUT2D eigenvalue weighted by Crippen LogP contribution is 2.19. The number of halogens is 1. The Morgan fingerprint density at radius 1 is 1.12 bits per heavy atom. The average molecular weight is 354 g/mol. The van der Waals surface area contributed by atoms with Crippen molar-refractivity contribution < 1.29 is 23.5 Å². The lowest BCUT2D eigenvalue weighted by Gasteiger charge is -2.07. The summed E-state index contributed by atoms with van der Waals surface area (Å²) in [4.78, 5) is 38.2. The van der Waals surface area contributed by atoms with Gasteiger partial charge in [0.2, 0.25) is 11.7 Å². The van der Waals surface area contributed by atoms with E-state index >= 15 is 0 Å². The largest absolute Gasteiger partial charge is 0.454 e. The van der Waals surface area contributed by atoms with Crippen LogP contribution < -0.4 is 5.32 Å². The number of rotatable bonds is 5. The number of ketones is 1. The molecule has 1 amide bonds. The molecule has 6 nitrogen and oxygen atoms in total. The zero-order valence-corrected chi connectivity index (χ0v) is 13.8. The number of ether oxygens (including phenoxy) is 1. The van der Waals surface area contributed by atoms with Crippen LogP contribution in [0.5, 0.6) is 0 Å². The van der Waals surface area contributed by atoms with Gasteiger partial charge in [0.15, 0.2) is 6.61 Å². The number of fused-ring (bicyclic) bond motifs is 1. The third-order valence-corrected chi connectivity index (χ3v) is 3.73.